The van der Waals surface area contributed by atoms with Gasteiger partial charge in [-0.25, -0.2) is 0 Å². The van der Waals surface area contributed by atoms with E-state index >= 15 is 0 Å². The monoisotopic (exact) mass is 409 g/mol. The molecule has 2 aromatic carbocycles. The lowest BCUT2D eigenvalue weighted by Gasteiger charge is -2.37. The summed E-state index contributed by atoms with van der Waals surface area (Å²) in [4.78, 5) is 29.9. The summed E-state index contributed by atoms with van der Waals surface area (Å²) in [6, 6.07) is 16.8. The van der Waals surface area contributed by atoms with E-state index in [1.807, 2.05) is 73.3 Å². The molecule has 0 bridgehead atoms. The van der Waals surface area contributed by atoms with Gasteiger partial charge in [-0.3, -0.25) is 9.59 Å². The predicted octanol–water partition coefficient (Wildman–Crippen LogP) is 3.25. The van der Waals surface area contributed by atoms with E-state index in [9.17, 15) is 9.59 Å². The van der Waals surface area contributed by atoms with Gasteiger partial charge in [-0.1, -0.05) is 44.2 Å². The second-order valence-corrected chi connectivity index (χ2v) is 8.02. The molecule has 0 spiro atoms. The van der Waals surface area contributed by atoms with Gasteiger partial charge in [-0.05, 0) is 35.7 Å². The molecule has 1 heterocycles. The largest absolute Gasteiger partial charge is 0.497 e. The van der Waals surface area contributed by atoms with E-state index in [0.29, 0.717) is 19.5 Å². The third-order valence-corrected chi connectivity index (χ3v) is 5.31. The van der Waals surface area contributed by atoms with Crippen molar-refractivity contribution in [3.63, 3.8) is 0 Å². The average molecular weight is 410 g/mol. The highest BCUT2D eigenvalue weighted by Crippen LogP contribution is 2.22. The number of rotatable bonds is 7. The molecule has 1 fully saturated rings. The molecule has 1 N–H and O–H groups in total. The van der Waals surface area contributed by atoms with Crippen molar-refractivity contribution in [3.8, 4) is 5.75 Å². The normalized spacial score (nSPS) is 15.1. The number of anilines is 1. The fraction of sp³-hybridized carbons (Fsp3) is 0.417. The van der Waals surface area contributed by atoms with Crippen LogP contribution in [0.5, 0.6) is 5.75 Å². The molecule has 2 aromatic rings. The van der Waals surface area contributed by atoms with Gasteiger partial charge < -0.3 is 19.9 Å². The number of amides is 2. The Balaban J connectivity index is 1.66. The van der Waals surface area contributed by atoms with Gasteiger partial charge in [-0.15, -0.1) is 0 Å². The molecule has 3 rings (SSSR count). The van der Waals surface area contributed by atoms with Gasteiger partial charge >= 0.3 is 0 Å². The van der Waals surface area contributed by atoms with Crippen LogP contribution in [-0.4, -0.2) is 50.0 Å². The van der Waals surface area contributed by atoms with Gasteiger partial charge in [0.2, 0.25) is 11.8 Å². The lowest BCUT2D eigenvalue weighted by Crippen LogP contribution is -2.52. The van der Waals surface area contributed by atoms with Crippen LogP contribution >= 0.6 is 0 Å². The van der Waals surface area contributed by atoms with Crippen LogP contribution in [0, 0.1) is 5.92 Å². The topological polar surface area (TPSA) is 61.9 Å². The number of carbonyl (C=O) groups is 2. The number of carbonyl (C=O) groups excluding carboxylic acids is 2. The third kappa shape index (κ3) is 5.53. The molecule has 1 aliphatic rings. The Morgan fingerprint density at radius 3 is 2.17 bits per heavy atom. The molecule has 1 atom stereocenters. The van der Waals surface area contributed by atoms with Crippen LogP contribution < -0.4 is 15.0 Å². The zero-order valence-electron chi connectivity index (χ0n) is 18.0. The lowest BCUT2D eigenvalue weighted by atomic mass is 10.0. The van der Waals surface area contributed by atoms with Crippen molar-refractivity contribution in [1.29, 1.82) is 0 Å². The molecule has 160 valence electrons. The van der Waals surface area contributed by atoms with Crippen LogP contribution in [-0.2, 0) is 9.59 Å². The summed E-state index contributed by atoms with van der Waals surface area (Å²) >= 11 is 0. The van der Waals surface area contributed by atoms with Crippen LogP contribution in [0.25, 0.3) is 0 Å². The summed E-state index contributed by atoms with van der Waals surface area (Å²) in [5, 5.41) is 2.96. The third-order valence-electron chi connectivity index (χ3n) is 5.31. The second kappa shape index (κ2) is 10.1. The SMILES string of the molecule is COc1ccc(N2CCN(C(=O)C(NC(=O)CC(C)C)c3ccccc3)CC2)cc1. The minimum Gasteiger partial charge on any atom is -0.497 e. The van der Waals surface area contributed by atoms with Crippen LogP contribution in [0.15, 0.2) is 54.6 Å². The van der Waals surface area contributed by atoms with Crippen molar-refractivity contribution in [2.45, 2.75) is 26.3 Å². The van der Waals surface area contributed by atoms with E-state index in [-0.39, 0.29) is 17.7 Å². The maximum Gasteiger partial charge on any atom is 0.249 e. The summed E-state index contributed by atoms with van der Waals surface area (Å²) in [6.45, 7) is 6.73. The van der Waals surface area contributed by atoms with E-state index in [0.717, 1.165) is 30.1 Å². The zero-order chi connectivity index (χ0) is 21.5. The number of piperazine rings is 1. The summed E-state index contributed by atoms with van der Waals surface area (Å²) in [5.41, 5.74) is 1.94. The van der Waals surface area contributed by atoms with Crippen LogP contribution in [0.4, 0.5) is 5.69 Å². The molecule has 2 amide bonds. The fourth-order valence-corrected chi connectivity index (χ4v) is 3.68. The molecule has 6 heteroatoms. The molecular formula is C24H31N3O3. The van der Waals surface area contributed by atoms with Gasteiger partial charge in [0, 0.05) is 38.3 Å². The smallest absolute Gasteiger partial charge is 0.249 e. The first kappa shape index (κ1) is 21.7. The number of benzene rings is 2. The maximum absolute atomic E-state index is 13.3. The van der Waals surface area contributed by atoms with E-state index in [2.05, 4.69) is 10.2 Å². The molecule has 0 radical (unpaired) electrons. The number of methoxy groups -OCH3 is 1. The number of nitrogens with zero attached hydrogens (tertiary/aromatic N) is 2. The Labute approximate surface area is 178 Å². The summed E-state index contributed by atoms with van der Waals surface area (Å²) < 4.78 is 5.22. The van der Waals surface area contributed by atoms with Gasteiger partial charge in [-0.2, -0.15) is 0 Å². The van der Waals surface area contributed by atoms with E-state index < -0.39 is 6.04 Å². The summed E-state index contributed by atoms with van der Waals surface area (Å²) in [5.74, 6) is 0.928. The second-order valence-electron chi connectivity index (χ2n) is 8.02. The number of hydrogen-bond donors (Lipinski definition) is 1. The van der Waals surface area contributed by atoms with Gasteiger partial charge in [0.1, 0.15) is 11.8 Å². The van der Waals surface area contributed by atoms with Crippen molar-refractivity contribution in [2.24, 2.45) is 5.92 Å². The predicted molar refractivity (Wildman–Crippen MR) is 119 cm³/mol. The Morgan fingerprint density at radius 1 is 0.967 bits per heavy atom. The van der Waals surface area contributed by atoms with Crippen LogP contribution in [0.3, 0.4) is 0 Å². The van der Waals surface area contributed by atoms with E-state index in [4.69, 9.17) is 4.74 Å². The summed E-state index contributed by atoms with van der Waals surface area (Å²) in [6.07, 6.45) is 0.405. The van der Waals surface area contributed by atoms with Crippen molar-refractivity contribution in [2.75, 3.05) is 38.2 Å². The Hall–Kier alpha value is -3.02. The number of hydrogen-bond acceptors (Lipinski definition) is 4. The zero-order valence-corrected chi connectivity index (χ0v) is 18.0. The van der Waals surface area contributed by atoms with Crippen LogP contribution in [0.1, 0.15) is 31.9 Å². The highest BCUT2D eigenvalue weighted by Gasteiger charge is 2.30. The number of nitrogens with one attached hydrogen (secondary N) is 1. The average Bonchev–Trinajstić information content (AvgIpc) is 2.77. The standard InChI is InChI=1S/C24H31N3O3/c1-18(2)17-22(28)25-23(19-7-5-4-6-8-19)24(29)27-15-13-26(14-16-27)20-9-11-21(30-3)12-10-20/h4-12,18,23H,13-17H2,1-3H3,(H,25,28). The van der Waals surface area contributed by atoms with Crippen molar-refractivity contribution in [3.05, 3.63) is 60.2 Å². The van der Waals surface area contributed by atoms with Gasteiger partial charge in [0.15, 0.2) is 0 Å². The van der Waals surface area contributed by atoms with Crippen molar-refractivity contribution >= 4 is 17.5 Å². The minimum atomic E-state index is -0.648. The number of ether oxygens (including phenoxy) is 1. The molecular weight excluding hydrogens is 378 g/mol. The molecule has 0 saturated carbocycles. The lowest BCUT2D eigenvalue weighted by molar-refractivity contribution is -0.137. The Bertz CT molecular complexity index is 829. The molecule has 1 unspecified atom stereocenters. The van der Waals surface area contributed by atoms with Crippen LogP contribution in [0.2, 0.25) is 0 Å². The highest BCUT2D eigenvalue weighted by atomic mass is 16.5. The summed E-state index contributed by atoms with van der Waals surface area (Å²) in [7, 11) is 1.66. The quantitative estimate of drug-likeness (QED) is 0.763. The molecule has 6 nitrogen and oxygen atoms in total. The van der Waals surface area contributed by atoms with Crippen molar-refractivity contribution in [1.82, 2.24) is 10.2 Å². The first-order chi connectivity index (χ1) is 14.5. The van der Waals surface area contributed by atoms with E-state index in [1.165, 1.54) is 0 Å². The minimum absolute atomic E-state index is 0.0484. The molecule has 30 heavy (non-hydrogen) atoms. The fourth-order valence-electron chi connectivity index (χ4n) is 3.68. The highest BCUT2D eigenvalue weighted by molar-refractivity contribution is 5.89. The Kier molecular flexibility index (Phi) is 7.33. The molecule has 0 aliphatic carbocycles. The molecule has 1 saturated heterocycles. The van der Waals surface area contributed by atoms with Crippen molar-refractivity contribution < 1.29 is 14.3 Å². The Morgan fingerprint density at radius 2 is 1.60 bits per heavy atom. The molecule has 0 aromatic heterocycles. The molecule has 1 aliphatic heterocycles. The maximum atomic E-state index is 13.3. The first-order valence-electron chi connectivity index (χ1n) is 10.5. The van der Waals surface area contributed by atoms with Gasteiger partial charge in [0.25, 0.3) is 0 Å². The first-order valence-corrected chi connectivity index (χ1v) is 10.5. The van der Waals surface area contributed by atoms with E-state index in [1.54, 1.807) is 7.11 Å². The van der Waals surface area contributed by atoms with Gasteiger partial charge in [0.05, 0.1) is 7.11 Å².